The highest BCUT2D eigenvalue weighted by molar-refractivity contribution is 5.29. The third-order valence-electron chi connectivity index (χ3n) is 3.74. The Morgan fingerprint density at radius 3 is 2.00 bits per heavy atom. The van der Waals surface area contributed by atoms with Gasteiger partial charge in [0.15, 0.2) is 0 Å². The molecule has 0 fully saturated rings. The van der Waals surface area contributed by atoms with E-state index in [2.05, 4.69) is 6.92 Å². The fourth-order valence-electron chi connectivity index (χ4n) is 2.36. The molecular weight excluding hydrogens is 266 g/mol. The van der Waals surface area contributed by atoms with Crippen molar-refractivity contribution in [1.29, 1.82) is 0 Å². The number of alkyl halides is 2. The van der Waals surface area contributed by atoms with E-state index in [1.165, 1.54) is 17.7 Å². The maximum absolute atomic E-state index is 14.3. The van der Waals surface area contributed by atoms with Crippen LogP contribution in [0.1, 0.15) is 42.0 Å². The summed E-state index contributed by atoms with van der Waals surface area (Å²) in [5.74, 6) is -2.82. The molecule has 2 heteroatoms. The molecule has 0 heterocycles. The second kappa shape index (κ2) is 6.84. The Labute approximate surface area is 125 Å². The van der Waals surface area contributed by atoms with Gasteiger partial charge in [0, 0.05) is 12.0 Å². The second-order valence-corrected chi connectivity index (χ2v) is 5.67. The number of hydrogen-bond acceptors (Lipinski definition) is 0. The van der Waals surface area contributed by atoms with Gasteiger partial charge in [-0.15, -0.1) is 0 Å². The first-order chi connectivity index (χ1) is 10.0. The summed E-state index contributed by atoms with van der Waals surface area (Å²) in [6.07, 6.45) is 3.06. The van der Waals surface area contributed by atoms with Gasteiger partial charge >= 0.3 is 0 Å². The predicted octanol–water partition coefficient (Wildman–Crippen LogP) is 5.67. The monoisotopic (exact) mass is 288 g/mol. The van der Waals surface area contributed by atoms with E-state index in [0.29, 0.717) is 5.56 Å². The third kappa shape index (κ3) is 4.38. The van der Waals surface area contributed by atoms with Gasteiger partial charge in [0.1, 0.15) is 0 Å². The molecule has 0 aliphatic heterocycles. The summed E-state index contributed by atoms with van der Waals surface area (Å²) in [5, 5.41) is 0. The number of unbranched alkanes of at least 4 members (excludes halogenated alkanes) is 1. The van der Waals surface area contributed by atoms with Crippen molar-refractivity contribution in [3.63, 3.8) is 0 Å². The topological polar surface area (TPSA) is 0 Å². The molecule has 2 rings (SSSR count). The molecule has 2 aromatic carbocycles. The van der Waals surface area contributed by atoms with Crippen molar-refractivity contribution < 1.29 is 8.78 Å². The Bertz CT molecular complexity index is 553. The lowest BCUT2D eigenvalue weighted by atomic mass is 9.98. The molecule has 0 amide bonds. The fourth-order valence-corrected chi connectivity index (χ4v) is 2.36. The number of rotatable bonds is 6. The van der Waals surface area contributed by atoms with Gasteiger partial charge in [-0.25, -0.2) is 8.78 Å². The zero-order chi connectivity index (χ0) is 15.3. The first-order valence-corrected chi connectivity index (χ1v) is 7.54. The Hall–Kier alpha value is -1.70. The summed E-state index contributed by atoms with van der Waals surface area (Å²) in [6, 6.07) is 14.1. The molecule has 0 unspecified atom stereocenters. The Morgan fingerprint density at radius 2 is 1.43 bits per heavy atom. The molecular formula is C19H22F2. The molecule has 0 spiro atoms. The third-order valence-corrected chi connectivity index (χ3v) is 3.74. The number of aryl methyl sites for hydroxylation is 2. The van der Waals surface area contributed by atoms with Gasteiger partial charge < -0.3 is 0 Å². The van der Waals surface area contributed by atoms with Crippen molar-refractivity contribution in [2.24, 2.45) is 0 Å². The molecule has 21 heavy (non-hydrogen) atoms. The summed E-state index contributed by atoms with van der Waals surface area (Å²) in [4.78, 5) is 0. The standard InChI is InChI=1S/C19H22F2/c1-3-4-5-16-8-10-17(11-9-16)14-19(20,21)18-12-6-15(2)7-13-18/h6-13H,3-5,14H2,1-2H3. The lowest BCUT2D eigenvalue weighted by molar-refractivity contribution is -0.00383. The fraction of sp³-hybridized carbons (Fsp3) is 0.368. The van der Waals surface area contributed by atoms with Crippen molar-refractivity contribution in [3.05, 3.63) is 70.8 Å². The van der Waals surface area contributed by atoms with Crippen molar-refractivity contribution in [2.45, 2.75) is 45.5 Å². The summed E-state index contributed by atoms with van der Waals surface area (Å²) in [6.45, 7) is 4.05. The van der Waals surface area contributed by atoms with Gasteiger partial charge in [0.05, 0.1) is 0 Å². The summed E-state index contributed by atoms with van der Waals surface area (Å²) in [5.41, 5.74) is 2.98. The van der Waals surface area contributed by atoms with Crippen LogP contribution in [0.4, 0.5) is 8.78 Å². The summed E-state index contributed by atoms with van der Waals surface area (Å²) in [7, 11) is 0. The molecule has 0 saturated carbocycles. The first kappa shape index (κ1) is 15.7. The summed E-state index contributed by atoms with van der Waals surface area (Å²) < 4.78 is 28.6. The average Bonchev–Trinajstić information content (AvgIpc) is 2.47. The minimum absolute atomic E-state index is 0.0863. The van der Waals surface area contributed by atoms with Crippen molar-refractivity contribution in [1.82, 2.24) is 0 Å². The van der Waals surface area contributed by atoms with Crippen LogP contribution < -0.4 is 0 Å². The number of halogens is 2. The van der Waals surface area contributed by atoms with E-state index in [1.807, 2.05) is 31.2 Å². The molecule has 112 valence electrons. The SMILES string of the molecule is CCCCc1ccc(CC(F)(F)c2ccc(C)cc2)cc1. The van der Waals surface area contributed by atoms with E-state index in [9.17, 15) is 8.78 Å². The van der Waals surface area contributed by atoms with E-state index in [1.54, 1.807) is 12.1 Å². The van der Waals surface area contributed by atoms with Crippen LogP contribution in [-0.2, 0) is 18.8 Å². The van der Waals surface area contributed by atoms with Gasteiger partial charge in [0.2, 0.25) is 0 Å². The number of hydrogen-bond donors (Lipinski definition) is 0. The molecule has 0 aliphatic rings. The van der Waals surface area contributed by atoms with Crippen molar-refractivity contribution in [3.8, 4) is 0 Å². The van der Waals surface area contributed by atoms with Crippen LogP contribution in [0, 0.1) is 6.92 Å². The van der Waals surface area contributed by atoms with Crippen LogP contribution in [0.15, 0.2) is 48.5 Å². The molecule has 0 aliphatic carbocycles. The quantitative estimate of drug-likeness (QED) is 0.642. The first-order valence-electron chi connectivity index (χ1n) is 7.54. The van der Waals surface area contributed by atoms with Crippen LogP contribution in [0.2, 0.25) is 0 Å². The van der Waals surface area contributed by atoms with E-state index in [-0.39, 0.29) is 12.0 Å². The summed E-state index contributed by atoms with van der Waals surface area (Å²) >= 11 is 0. The Balaban J connectivity index is 2.07. The largest absolute Gasteiger partial charge is 0.277 e. The highest BCUT2D eigenvalue weighted by Gasteiger charge is 2.31. The van der Waals surface area contributed by atoms with E-state index in [0.717, 1.165) is 24.8 Å². The second-order valence-electron chi connectivity index (χ2n) is 5.67. The molecule has 0 aromatic heterocycles. The molecule has 0 saturated heterocycles. The minimum atomic E-state index is -2.82. The van der Waals surface area contributed by atoms with Gasteiger partial charge in [-0.05, 0) is 30.9 Å². The highest BCUT2D eigenvalue weighted by Crippen LogP contribution is 2.32. The van der Waals surface area contributed by atoms with Crippen LogP contribution in [-0.4, -0.2) is 0 Å². The highest BCUT2D eigenvalue weighted by atomic mass is 19.3. The molecule has 0 radical (unpaired) electrons. The predicted molar refractivity (Wildman–Crippen MR) is 83.8 cm³/mol. The van der Waals surface area contributed by atoms with Crippen LogP contribution in [0.25, 0.3) is 0 Å². The van der Waals surface area contributed by atoms with E-state index >= 15 is 0 Å². The smallest absolute Gasteiger partial charge is 0.201 e. The maximum Gasteiger partial charge on any atom is 0.277 e. The molecule has 0 N–H and O–H groups in total. The average molecular weight is 288 g/mol. The van der Waals surface area contributed by atoms with Crippen LogP contribution in [0.3, 0.4) is 0 Å². The van der Waals surface area contributed by atoms with Gasteiger partial charge in [-0.1, -0.05) is 67.4 Å². The molecule has 0 atom stereocenters. The van der Waals surface area contributed by atoms with Gasteiger partial charge in [-0.3, -0.25) is 0 Å². The van der Waals surface area contributed by atoms with Crippen molar-refractivity contribution in [2.75, 3.05) is 0 Å². The van der Waals surface area contributed by atoms with Crippen LogP contribution >= 0.6 is 0 Å². The van der Waals surface area contributed by atoms with Gasteiger partial charge in [0.25, 0.3) is 5.92 Å². The van der Waals surface area contributed by atoms with E-state index < -0.39 is 5.92 Å². The number of benzene rings is 2. The minimum Gasteiger partial charge on any atom is -0.201 e. The Morgan fingerprint density at radius 1 is 0.857 bits per heavy atom. The normalized spacial score (nSPS) is 11.6. The molecule has 0 nitrogen and oxygen atoms in total. The zero-order valence-electron chi connectivity index (χ0n) is 12.7. The molecule has 0 bridgehead atoms. The molecule has 2 aromatic rings. The van der Waals surface area contributed by atoms with Crippen molar-refractivity contribution >= 4 is 0 Å². The lowest BCUT2D eigenvalue weighted by Gasteiger charge is -2.17. The van der Waals surface area contributed by atoms with Gasteiger partial charge in [-0.2, -0.15) is 0 Å². The lowest BCUT2D eigenvalue weighted by Crippen LogP contribution is -2.16. The maximum atomic E-state index is 14.3. The van der Waals surface area contributed by atoms with Crippen LogP contribution in [0.5, 0.6) is 0 Å². The zero-order valence-corrected chi connectivity index (χ0v) is 12.7. The van der Waals surface area contributed by atoms with E-state index in [4.69, 9.17) is 0 Å². The Kier molecular flexibility index (Phi) is 5.11.